The second-order valence-corrected chi connectivity index (χ2v) is 7.44. The Balaban J connectivity index is 1.69. The highest BCUT2D eigenvalue weighted by atomic mass is 16.3. The maximum atomic E-state index is 10.4. The standard InChI is InChI=1S/C21H24N6O2/c1-26-8-6-17-19(16-5-4-14(12-22)11-18(16)29)24-25-21(20(17)26)23-15-3-2-7-27(13-15)9-10-28/h4-6,8,11,15,28-29H,2-3,7,9-10,13H2,1H3,(H,23,25)/t15-/m1/s1. The second kappa shape index (κ2) is 8.07. The van der Waals surface area contributed by atoms with Crippen LogP contribution in [0.25, 0.3) is 22.2 Å². The van der Waals surface area contributed by atoms with Gasteiger partial charge < -0.3 is 20.1 Å². The van der Waals surface area contributed by atoms with Gasteiger partial charge in [0.1, 0.15) is 11.4 Å². The van der Waals surface area contributed by atoms with Crippen molar-refractivity contribution in [2.75, 3.05) is 31.6 Å². The molecule has 3 N–H and O–H groups in total. The molecule has 1 saturated heterocycles. The number of phenols is 1. The zero-order valence-electron chi connectivity index (χ0n) is 16.3. The Morgan fingerprint density at radius 2 is 2.17 bits per heavy atom. The zero-order chi connectivity index (χ0) is 20.4. The number of aliphatic hydroxyl groups excluding tert-OH is 1. The van der Waals surface area contributed by atoms with E-state index in [1.807, 2.05) is 29.9 Å². The molecule has 1 aliphatic heterocycles. The number of nitrogens with one attached hydrogen (secondary N) is 1. The molecule has 8 heteroatoms. The van der Waals surface area contributed by atoms with Crippen molar-refractivity contribution in [2.45, 2.75) is 18.9 Å². The van der Waals surface area contributed by atoms with Crippen molar-refractivity contribution in [1.82, 2.24) is 19.7 Å². The summed E-state index contributed by atoms with van der Waals surface area (Å²) in [4.78, 5) is 2.25. The highest BCUT2D eigenvalue weighted by molar-refractivity contribution is 5.99. The summed E-state index contributed by atoms with van der Waals surface area (Å²) in [5, 5.41) is 41.9. The van der Waals surface area contributed by atoms with Gasteiger partial charge in [-0.25, -0.2) is 0 Å². The van der Waals surface area contributed by atoms with E-state index in [0.29, 0.717) is 29.2 Å². The number of fused-ring (bicyclic) bond motifs is 1. The summed E-state index contributed by atoms with van der Waals surface area (Å²) in [7, 11) is 1.95. The number of likely N-dealkylation sites (tertiary alicyclic amines) is 1. The summed E-state index contributed by atoms with van der Waals surface area (Å²) in [6.07, 6.45) is 4.05. The molecule has 4 rings (SSSR count). The lowest BCUT2D eigenvalue weighted by atomic mass is 10.0. The minimum absolute atomic E-state index is 0.0103. The molecule has 2 aromatic heterocycles. The van der Waals surface area contributed by atoms with E-state index in [-0.39, 0.29) is 18.4 Å². The van der Waals surface area contributed by atoms with Gasteiger partial charge in [-0.1, -0.05) is 0 Å². The van der Waals surface area contributed by atoms with Crippen molar-refractivity contribution < 1.29 is 10.2 Å². The van der Waals surface area contributed by atoms with Crippen molar-refractivity contribution in [3.63, 3.8) is 0 Å². The number of aryl methyl sites for hydroxylation is 1. The number of anilines is 1. The van der Waals surface area contributed by atoms with Crippen LogP contribution < -0.4 is 5.32 Å². The Labute approximate surface area is 169 Å². The molecule has 3 heterocycles. The summed E-state index contributed by atoms with van der Waals surface area (Å²) < 4.78 is 1.99. The normalized spacial score (nSPS) is 17.3. The molecule has 1 aliphatic rings. The Bertz CT molecular complexity index is 1070. The van der Waals surface area contributed by atoms with Gasteiger partial charge in [-0.2, -0.15) is 5.26 Å². The van der Waals surface area contributed by atoms with E-state index in [1.54, 1.807) is 12.1 Å². The summed E-state index contributed by atoms with van der Waals surface area (Å²) in [6, 6.07) is 9.02. The molecule has 0 unspecified atom stereocenters. The lowest BCUT2D eigenvalue weighted by Crippen LogP contribution is -2.43. The fourth-order valence-electron chi connectivity index (χ4n) is 4.03. The first kappa shape index (κ1) is 19.2. The number of nitriles is 1. The van der Waals surface area contributed by atoms with E-state index in [0.717, 1.165) is 36.8 Å². The number of piperidine rings is 1. The Morgan fingerprint density at radius 1 is 1.31 bits per heavy atom. The van der Waals surface area contributed by atoms with Crippen molar-refractivity contribution in [1.29, 1.82) is 5.26 Å². The topological polar surface area (TPSA) is 110 Å². The van der Waals surface area contributed by atoms with Gasteiger partial charge in [0, 0.05) is 43.3 Å². The van der Waals surface area contributed by atoms with Crippen molar-refractivity contribution in [3.05, 3.63) is 36.0 Å². The minimum atomic E-state index is 0.0103. The van der Waals surface area contributed by atoms with E-state index < -0.39 is 0 Å². The summed E-state index contributed by atoms with van der Waals surface area (Å²) in [6.45, 7) is 2.70. The van der Waals surface area contributed by atoms with Gasteiger partial charge in [0.05, 0.1) is 23.8 Å². The van der Waals surface area contributed by atoms with Gasteiger partial charge in [0.2, 0.25) is 0 Å². The summed E-state index contributed by atoms with van der Waals surface area (Å²) >= 11 is 0. The van der Waals surface area contributed by atoms with Crippen molar-refractivity contribution in [3.8, 4) is 23.1 Å². The van der Waals surface area contributed by atoms with E-state index in [4.69, 9.17) is 5.26 Å². The lowest BCUT2D eigenvalue weighted by Gasteiger charge is -2.33. The maximum Gasteiger partial charge on any atom is 0.173 e. The van der Waals surface area contributed by atoms with Crippen LogP contribution in [0, 0.1) is 11.3 Å². The number of aromatic nitrogens is 3. The molecule has 8 nitrogen and oxygen atoms in total. The third-order valence-electron chi connectivity index (χ3n) is 5.45. The van der Waals surface area contributed by atoms with Crippen LogP contribution in [0.15, 0.2) is 30.5 Å². The van der Waals surface area contributed by atoms with E-state index in [2.05, 4.69) is 20.4 Å². The number of aromatic hydroxyl groups is 1. The monoisotopic (exact) mass is 392 g/mol. The number of hydrogen-bond acceptors (Lipinski definition) is 7. The number of nitrogens with zero attached hydrogens (tertiary/aromatic N) is 5. The number of aliphatic hydroxyl groups is 1. The van der Waals surface area contributed by atoms with Crippen LogP contribution in [0.1, 0.15) is 18.4 Å². The van der Waals surface area contributed by atoms with Crippen LogP contribution in [0.3, 0.4) is 0 Å². The van der Waals surface area contributed by atoms with Gasteiger partial charge >= 0.3 is 0 Å². The molecule has 1 fully saturated rings. The molecule has 0 spiro atoms. The molecule has 150 valence electrons. The maximum absolute atomic E-state index is 10.4. The number of hydrogen-bond donors (Lipinski definition) is 3. The van der Waals surface area contributed by atoms with Gasteiger partial charge in [-0.3, -0.25) is 4.90 Å². The molecule has 1 atom stereocenters. The molecule has 0 radical (unpaired) electrons. The number of benzene rings is 1. The summed E-state index contributed by atoms with van der Waals surface area (Å²) in [5.74, 6) is 0.719. The third-order valence-corrected chi connectivity index (χ3v) is 5.45. The van der Waals surface area contributed by atoms with Gasteiger partial charge in [0.15, 0.2) is 5.82 Å². The molecule has 0 aliphatic carbocycles. The number of rotatable bonds is 5. The average Bonchev–Trinajstić information content (AvgIpc) is 3.11. The Hall–Kier alpha value is -3.15. The lowest BCUT2D eigenvalue weighted by molar-refractivity contribution is 0.166. The first-order valence-electron chi connectivity index (χ1n) is 9.75. The molecular formula is C21H24N6O2. The highest BCUT2D eigenvalue weighted by Crippen LogP contribution is 2.35. The van der Waals surface area contributed by atoms with Gasteiger partial charge in [0.25, 0.3) is 0 Å². The number of phenolic OH excluding ortho intramolecular Hbond substituents is 1. The quantitative estimate of drug-likeness (QED) is 0.610. The fraction of sp³-hybridized carbons (Fsp3) is 0.381. The predicted molar refractivity (Wildman–Crippen MR) is 110 cm³/mol. The first-order valence-corrected chi connectivity index (χ1v) is 9.75. The van der Waals surface area contributed by atoms with Crippen molar-refractivity contribution in [2.24, 2.45) is 7.05 Å². The first-order chi connectivity index (χ1) is 14.1. The van der Waals surface area contributed by atoms with Crippen LogP contribution in [0.5, 0.6) is 5.75 Å². The Morgan fingerprint density at radius 3 is 2.93 bits per heavy atom. The van der Waals surface area contributed by atoms with E-state index in [1.165, 1.54) is 6.07 Å². The van der Waals surface area contributed by atoms with Crippen LogP contribution in [0.4, 0.5) is 5.82 Å². The average molecular weight is 392 g/mol. The Kier molecular flexibility index (Phi) is 5.34. The van der Waals surface area contributed by atoms with Gasteiger partial charge in [-0.05, 0) is 43.7 Å². The van der Waals surface area contributed by atoms with Crippen molar-refractivity contribution >= 4 is 16.7 Å². The second-order valence-electron chi connectivity index (χ2n) is 7.44. The smallest absolute Gasteiger partial charge is 0.173 e. The third kappa shape index (κ3) is 3.75. The predicted octanol–water partition coefficient (Wildman–Crippen LogP) is 2.08. The van der Waals surface area contributed by atoms with Crippen LogP contribution in [0.2, 0.25) is 0 Å². The minimum Gasteiger partial charge on any atom is -0.507 e. The molecule has 0 saturated carbocycles. The van der Waals surface area contributed by atoms with Crippen LogP contribution in [-0.2, 0) is 7.05 Å². The fourth-order valence-corrected chi connectivity index (χ4v) is 4.03. The largest absolute Gasteiger partial charge is 0.507 e. The van der Waals surface area contributed by atoms with Crippen LogP contribution >= 0.6 is 0 Å². The SMILES string of the molecule is Cn1ccc2c(-c3ccc(C#N)cc3O)nnc(N[C@@H]3CCCN(CCO)C3)c21. The van der Waals surface area contributed by atoms with E-state index in [9.17, 15) is 10.2 Å². The highest BCUT2D eigenvalue weighted by Gasteiger charge is 2.22. The molecular weight excluding hydrogens is 368 g/mol. The summed E-state index contributed by atoms with van der Waals surface area (Å²) in [5.41, 5.74) is 2.44. The van der Waals surface area contributed by atoms with Crippen LogP contribution in [-0.4, -0.2) is 62.2 Å². The molecule has 3 aromatic rings. The van der Waals surface area contributed by atoms with E-state index >= 15 is 0 Å². The molecule has 0 amide bonds. The molecule has 0 bridgehead atoms. The molecule has 29 heavy (non-hydrogen) atoms. The zero-order valence-corrected chi connectivity index (χ0v) is 16.3. The number of β-amino-alcohol motifs (C(OH)–C–C–N with tert-alkyl or cyclic N) is 1. The van der Waals surface area contributed by atoms with Gasteiger partial charge in [-0.15, -0.1) is 10.2 Å². The molecule has 1 aromatic carbocycles.